The molecule has 0 saturated heterocycles. The van der Waals surface area contributed by atoms with E-state index in [1.54, 1.807) is 4.90 Å². The van der Waals surface area contributed by atoms with E-state index in [2.05, 4.69) is 10.2 Å². The van der Waals surface area contributed by atoms with E-state index in [0.717, 1.165) is 6.07 Å². The smallest absolute Gasteiger partial charge is 0.435 e. The lowest BCUT2D eigenvalue weighted by atomic mass is 10.2. The molecule has 1 N–H and O–H groups in total. The van der Waals surface area contributed by atoms with E-state index in [1.165, 1.54) is 6.07 Å². The van der Waals surface area contributed by atoms with E-state index in [4.69, 9.17) is 5.11 Å². The van der Waals surface area contributed by atoms with Gasteiger partial charge >= 0.3 is 12.1 Å². The summed E-state index contributed by atoms with van der Waals surface area (Å²) in [6, 6.07) is 2.10. The molecule has 0 amide bonds. The van der Waals surface area contributed by atoms with Crippen LogP contribution in [0, 0.1) is 0 Å². The van der Waals surface area contributed by atoms with Crippen LogP contribution in [0.1, 0.15) is 32.4 Å². The maximum absolute atomic E-state index is 12.4. The Kier molecular flexibility index (Phi) is 5.29. The zero-order valence-corrected chi connectivity index (χ0v) is 11.2. The fraction of sp³-hybridized carbons (Fsp3) is 0.583. The minimum Gasteiger partial charge on any atom is -0.481 e. The van der Waals surface area contributed by atoms with Gasteiger partial charge in [0.25, 0.3) is 0 Å². The predicted molar refractivity (Wildman–Crippen MR) is 66.4 cm³/mol. The van der Waals surface area contributed by atoms with Gasteiger partial charge in [-0.05, 0) is 32.4 Å². The molecule has 8 heteroatoms. The number of carboxylic acid groups (broad SMARTS) is 1. The standard InChI is InChI=1S/C12H16F3N3O2/c1-8(2)18(7-3-4-11(19)20)10-6-5-9(16-17-10)12(13,14)15/h5-6,8H,3-4,7H2,1-2H3,(H,19,20). The largest absolute Gasteiger partial charge is 0.481 e. The second kappa shape index (κ2) is 6.53. The van der Waals surface area contributed by atoms with Crippen molar-refractivity contribution in [2.75, 3.05) is 11.4 Å². The SMILES string of the molecule is CC(C)N(CCCC(=O)O)c1ccc(C(F)(F)F)nn1. The van der Waals surface area contributed by atoms with Gasteiger partial charge in [-0.15, -0.1) is 10.2 Å². The Bertz CT molecular complexity index is 446. The molecular formula is C12H16F3N3O2. The molecule has 0 spiro atoms. The number of nitrogens with zero attached hydrogens (tertiary/aromatic N) is 3. The van der Waals surface area contributed by atoms with Crippen LogP contribution in [0.2, 0.25) is 0 Å². The lowest BCUT2D eigenvalue weighted by Gasteiger charge is -2.27. The summed E-state index contributed by atoms with van der Waals surface area (Å²) >= 11 is 0. The molecule has 0 aliphatic heterocycles. The van der Waals surface area contributed by atoms with E-state index in [0.29, 0.717) is 18.8 Å². The highest BCUT2D eigenvalue weighted by molar-refractivity contribution is 5.66. The third-order valence-corrected chi connectivity index (χ3v) is 2.65. The van der Waals surface area contributed by atoms with Crippen LogP contribution in [-0.2, 0) is 11.0 Å². The number of aliphatic carboxylic acids is 1. The number of anilines is 1. The third-order valence-electron chi connectivity index (χ3n) is 2.65. The molecule has 0 radical (unpaired) electrons. The normalized spacial score (nSPS) is 11.7. The Labute approximate surface area is 114 Å². The number of hydrogen-bond acceptors (Lipinski definition) is 4. The molecule has 0 aliphatic carbocycles. The number of rotatable bonds is 6. The monoisotopic (exact) mass is 291 g/mol. The number of carboxylic acids is 1. The highest BCUT2D eigenvalue weighted by atomic mass is 19.4. The van der Waals surface area contributed by atoms with Crippen LogP contribution in [0.4, 0.5) is 19.0 Å². The maximum Gasteiger partial charge on any atom is 0.435 e. The highest BCUT2D eigenvalue weighted by Crippen LogP contribution is 2.27. The summed E-state index contributed by atoms with van der Waals surface area (Å²) < 4.78 is 37.2. The molecule has 1 heterocycles. The van der Waals surface area contributed by atoms with Crippen molar-refractivity contribution in [3.8, 4) is 0 Å². The highest BCUT2D eigenvalue weighted by Gasteiger charge is 2.33. The van der Waals surface area contributed by atoms with Crippen molar-refractivity contribution in [1.29, 1.82) is 0 Å². The molecule has 0 aliphatic rings. The van der Waals surface area contributed by atoms with Gasteiger partial charge in [-0.3, -0.25) is 4.79 Å². The molecule has 5 nitrogen and oxygen atoms in total. The van der Waals surface area contributed by atoms with Crippen LogP contribution in [-0.4, -0.2) is 33.9 Å². The lowest BCUT2D eigenvalue weighted by Crippen LogP contribution is -2.33. The van der Waals surface area contributed by atoms with E-state index in [-0.39, 0.29) is 12.5 Å². The number of carbonyl (C=O) groups is 1. The second-order valence-electron chi connectivity index (χ2n) is 4.56. The van der Waals surface area contributed by atoms with Gasteiger partial charge in [0.2, 0.25) is 0 Å². The molecule has 0 fully saturated rings. The number of hydrogen-bond donors (Lipinski definition) is 1. The van der Waals surface area contributed by atoms with Crippen molar-refractivity contribution in [2.24, 2.45) is 0 Å². The number of halogens is 3. The summed E-state index contributed by atoms with van der Waals surface area (Å²) in [5, 5.41) is 15.3. The summed E-state index contributed by atoms with van der Waals surface area (Å²) in [7, 11) is 0. The van der Waals surface area contributed by atoms with Gasteiger partial charge < -0.3 is 10.0 Å². The zero-order chi connectivity index (χ0) is 15.3. The first-order chi connectivity index (χ1) is 9.21. The molecule has 0 saturated carbocycles. The predicted octanol–water partition coefficient (Wildman–Crippen LogP) is 2.58. The third kappa shape index (κ3) is 4.67. The number of alkyl halides is 3. The second-order valence-corrected chi connectivity index (χ2v) is 4.56. The van der Waals surface area contributed by atoms with Crippen LogP contribution >= 0.6 is 0 Å². The summed E-state index contributed by atoms with van der Waals surface area (Å²) in [5.74, 6) is -0.606. The fourth-order valence-corrected chi connectivity index (χ4v) is 1.67. The van der Waals surface area contributed by atoms with E-state index >= 15 is 0 Å². The molecule has 0 bridgehead atoms. The lowest BCUT2D eigenvalue weighted by molar-refractivity contribution is -0.141. The van der Waals surface area contributed by atoms with Crippen LogP contribution in [0.5, 0.6) is 0 Å². The van der Waals surface area contributed by atoms with E-state index in [1.807, 2.05) is 13.8 Å². The average Bonchev–Trinajstić information content (AvgIpc) is 2.33. The van der Waals surface area contributed by atoms with E-state index < -0.39 is 17.8 Å². The number of aromatic nitrogens is 2. The van der Waals surface area contributed by atoms with Crippen LogP contribution in [0.3, 0.4) is 0 Å². The minimum absolute atomic E-state index is 0.00270. The van der Waals surface area contributed by atoms with Gasteiger partial charge in [-0.2, -0.15) is 13.2 Å². The Balaban J connectivity index is 2.79. The molecule has 1 rings (SSSR count). The molecule has 20 heavy (non-hydrogen) atoms. The summed E-state index contributed by atoms with van der Waals surface area (Å²) in [5.41, 5.74) is -1.05. The van der Waals surface area contributed by atoms with Gasteiger partial charge in [0.15, 0.2) is 11.5 Å². The maximum atomic E-state index is 12.4. The van der Waals surface area contributed by atoms with Crippen molar-refractivity contribution < 1.29 is 23.1 Å². The molecule has 1 aromatic heterocycles. The van der Waals surface area contributed by atoms with E-state index in [9.17, 15) is 18.0 Å². The Morgan fingerprint density at radius 1 is 1.35 bits per heavy atom. The molecule has 0 unspecified atom stereocenters. The van der Waals surface area contributed by atoms with Crippen molar-refractivity contribution >= 4 is 11.8 Å². The van der Waals surface area contributed by atoms with Gasteiger partial charge in [0, 0.05) is 19.0 Å². The Morgan fingerprint density at radius 3 is 2.40 bits per heavy atom. The van der Waals surface area contributed by atoms with Crippen molar-refractivity contribution in [3.05, 3.63) is 17.8 Å². The Morgan fingerprint density at radius 2 is 2.00 bits per heavy atom. The first-order valence-electron chi connectivity index (χ1n) is 6.11. The minimum atomic E-state index is -4.52. The zero-order valence-electron chi connectivity index (χ0n) is 11.2. The van der Waals surface area contributed by atoms with Crippen LogP contribution in [0.25, 0.3) is 0 Å². The van der Waals surface area contributed by atoms with Gasteiger partial charge in [-0.25, -0.2) is 0 Å². The van der Waals surface area contributed by atoms with Gasteiger partial charge in [0.05, 0.1) is 0 Å². The topological polar surface area (TPSA) is 66.3 Å². The fourth-order valence-electron chi connectivity index (χ4n) is 1.67. The summed E-state index contributed by atoms with van der Waals surface area (Å²) in [4.78, 5) is 12.2. The summed E-state index contributed by atoms with van der Waals surface area (Å²) in [6.07, 6.45) is -4.13. The molecule has 1 aromatic rings. The van der Waals surface area contributed by atoms with Crippen molar-refractivity contribution in [1.82, 2.24) is 10.2 Å². The Hall–Kier alpha value is -1.86. The first kappa shape index (κ1) is 16.2. The first-order valence-corrected chi connectivity index (χ1v) is 6.11. The van der Waals surface area contributed by atoms with Gasteiger partial charge in [0.1, 0.15) is 0 Å². The van der Waals surface area contributed by atoms with Crippen molar-refractivity contribution in [2.45, 2.75) is 38.9 Å². The van der Waals surface area contributed by atoms with Crippen molar-refractivity contribution in [3.63, 3.8) is 0 Å². The molecule has 0 atom stereocenters. The average molecular weight is 291 g/mol. The molecule has 112 valence electrons. The molecular weight excluding hydrogens is 275 g/mol. The molecule has 0 aromatic carbocycles. The quantitative estimate of drug-likeness (QED) is 0.872. The van der Waals surface area contributed by atoms with Crippen LogP contribution < -0.4 is 4.90 Å². The van der Waals surface area contributed by atoms with Crippen LogP contribution in [0.15, 0.2) is 12.1 Å². The van der Waals surface area contributed by atoms with Gasteiger partial charge in [-0.1, -0.05) is 0 Å². The summed E-state index contributed by atoms with van der Waals surface area (Å²) in [6.45, 7) is 4.09.